The van der Waals surface area contributed by atoms with Crippen LogP contribution in [0.3, 0.4) is 0 Å². The van der Waals surface area contributed by atoms with E-state index < -0.39 is 12.7 Å². The molecule has 1 amide bonds. The molecule has 0 atom stereocenters. The van der Waals surface area contributed by atoms with E-state index in [4.69, 9.17) is 14.0 Å². The smallest absolute Gasteiger partial charge is 0.401 e. The topological polar surface area (TPSA) is 68.0 Å². The molecule has 3 rings (SSSR count). The molecule has 2 heterocycles. The molecule has 1 aliphatic heterocycles. The molecule has 1 aliphatic rings. The molecule has 0 aliphatic carbocycles. The highest BCUT2D eigenvalue weighted by molar-refractivity contribution is 5.95. The Morgan fingerprint density at radius 2 is 1.94 bits per heavy atom. The van der Waals surface area contributed by atoms with Crippen molar-refractivity contribution in [3.05, 3.63) is 40.8 Å². The van der Waals surface area contributed by atoms with Gasteiger partial charge >= 0.3 is 6.18 Å². The second-order valence-electron chi connectivity index (χ2n) is 7.49. The molecule has 1 aromatic heterocycles. The van der Waals surface area contributed by atoms with Gasteiger partial charge in [0.05, 0.1) is 24.9 Å². The Labute approximate surface area is 178 Å². The molecule has 170 valence electrons. The van der Waals surface area contributed by atoms with Gasteiger partial charge in [-0.1, -0.05) is 5.16 Å². The molecule has 0 unspecified atom stereocenters. The summed E-state index contributed by atoms with van der Waals surface area (Å²) in [5.74, 6) is 1.28. The third kappa shape index (κ3) is 5.90. The molecule has 2 aromatic rings. The summed E-state index contributed by atoms with van der Waals surface area (Å²) in [5.41, 5.74) is 1.98. The summed E-state index contributed by atoms with van der Waals surface area (Å²) in [7, 11) is 1.48. The van der Waals surface area contributed by atoms with E-state index in [0.29, 0.717) is 42.3 Å². The van der Waals surface area contributed by atoms with E-state index in [1.54, 1.807) is 30.0 Å². The second kappa shape index (κ2) is 9.59. The summed E-state index contributed by atoms with van der Waals surface area (Å²) in [6, 6.07) is 4.87. The number of ether oxygens (including phenoxy) is 2. The van der Waals surface area contributed by atoms with E-state index in [-0.39, 0.29) is 25.6 Å². The number of halogens is 3. The van der Waals surface area contributed by atoms with Crippen molar-refractivity contribution in [3.63, 3.8) is 0 Å². The van der Waals surface area contributed by atoms with Gasteiger partial charge in [0.15, 0.2) is 11.5 Å². The number of hydrogen-bond acceptors (Lipinski definition) is 6. The predicted octanol–water partition coefficient (Wildman–Crippen LogP) is 3.59. The zero-order valence-electron chi connectivity index (χ0n) is 17.8. The first-order chi connectivity index (χ1) is 14.7. The lowest BCUT2D eigenvalue weighted by atomic mass is 10.1. The molecule has 0 bridgehead atoms. The van der Waals surface area contributed by atoms with Gasteiger partial charge in [0.1, 0.15) is 12.4 Å². The van der Waals surface area contributed by atoms with Gasteiger partial charge < -0.3 is 18.9 Å². The molecular weight excluding hydrogens is 415 g/mol. The van der Waals surface area contributed by atoms with E-state index >= 15 is 0 Å². The van der Waals surface area contributed by atoms with Crippen LogP contribution in [0.4, 0.5) is 13.2 Å². The van der Waals surface area contributed by atoms with Crippen molar-refractivity contribution < 1.29 is 32.0 Å². The lowest BCUT2D eigenvalue weighted by molar-refractivity contribution is -0.145. The molecule has 0 saturated carbocycles. The number of carbonyl (C=O) groups is 1. The van der Waals surface area contributed by atoms with Crippen LogP contribution in [0.15, 0.2) is 22.7 Å². The fourth-order valence-corrected chi connectivity index (χ4v) is 3.55. The van der Waals surface area contributed by atoms with Gasteiger partial charge in [0.2, 0.25) is 0 Å². The Morgan fingerprint density at radius 1 is 1.16 bits per heavy atom. The zero-order chi connectivity index (χ0) is 22.6. The monoisotopic (exact) mass is 441 g/mol. The second-order valence-corrected chi connectivity index (χ2v) is 7.49. The van der Waals surface area contributed by atoms with Crippen LogP contribution in [-0.2, 0) is 6.61 Å². The lowest BCUT2D eigenvalue weighted by Gasteiger charge is -2.23. The first-order valence-corrected chi connectivity index (χ1v) is 9.99. The Kier molecular flexibility index (Phi) is 7.09. The Balaban J connectivity index is 1.66. The van der Waals surface area contributed by atoms with Gasteiger partial charge in [-0.3, -0.25) is 9.69 Å². The van der Waals surface area contributed by atoms with Crippen LogP contribution in [-0.4, -0.2) is 66.9 Å². The van der Waals surface area contributed by atoms with Crippen molar-refractivity contribution >= 4 is 5.91 Å². The highest BCUT2D eigenvalue weighted by Gasteiger charge is 2.32. The maximum Gasteiger partial charge on any atom is 0.401 e. The average molecular weight is 441 g/mol. The number of methoxy groups -OCH3 is 1. The third-order valence-corrected chi connectivity index (χ3v) is 5.24. The minimum atomic E-state index is -4.24. The number of aromatic nitrogens is 1. The van der Waals surface area contributed by atoms with Crippen LogP contribution >= 0.6 is 0 Å². The van der Waals surface area contributed by atoms with E-state index in [0.717, 1.165) is 11.3 Å². The van der Waals surface area contributed by atoms with Crippen LogP contribution in [0.1, 0.15) is 33.8 Å². The number of hydrogen-bond donors (Lipinski definition) is 0. The lowest BCUT2D eigenvalue weighted by Crippen LogP contribution is -2.38. The molecule has 7 nitrogen and oxygen atoms in total. The highest BCUT2D eigenvalue weighted by atomic mass is 19.4. The quantitative estimate of drug-likeness (QED) is 0.683. The number of nitrogens with zero attached hydrogens (tertiary/aromatic N) is 3. The maximum atomic E-state index is 12.9. The van der Waals surface area contributed by atoms with Gasteiger partial charge in [-0.2, -0.15) is 13.2 Å². The zero-order valence-corrected chi connectivity index (χ0v) is 17.8. The molecule has 0 radical (unpaired) electrons. The number of amides is 1. The predicted molar refractivity (Wildman–Crippen MR) is 106 cm³/mol. The fraction of sp³-hybridized carbons (Fsp3) is 0.524. The summed E-state index contributed by atoms with van der Waals surface area (Å²) in [6.45, 7) is 4.04. The van der Waals surface area contributed by atoms with Gasteiger partial charge in [-0.05, 0) is 38.5 Å². The number of benzene rings is 1. The molecule has 1 aromatic carbocycles. The Bertz CT molecular complexity index is 894. The number of aryl methyl sites for hydroxylation is 2. The molecule has 10 heteroatoms. The average Bonchev–Trinajstić information content (AvgIpc) is 2.90. The molecule has 0 spiro atoms. The SMILES string of the molecule is COc1cc(C(=O)N2CCCN(CC(F)(F)F)CC2)ccc1OCc1c(C)noc1C. The Morgan fingerprint density at radius 3 is 2.58 bits per heavy atom. The standard InChI is InChI=1S/C21H26F3N3O4/c1-14-17(15(2)31-25-14)12-30-18-6-5-16(11-19(18)29-3)20(28)27-8-4-7-26(9-10-27)13-21(22,23)24/h5-6,11H,4,7-10,12-13H2,1-3H3. The molecule has 1 saturated heterocycles. The van der Waals surface area contributed by atoms with Crippen molar-refractivity contribution in [2.24, 2.45) is 0 Å². The van der Waals surface area contributed by atoms with Gasteiger partial charge in [-0.25, -0.2) is 0 Å². The third-order valence-electron chi connectivity index (χ3n) is 5.24. The minimum Gasteiger partial charge on any atom is -0.493 e. The summed E-state index contributed by atoms with van der Waals surface area (Å²) >= 11 is 0. The minimum absolute atomic E-state index is 0.182. The van der Waals surface area contributed by atoms with Crippen molar-refractivity contribution in [1.29, 1.82) is 0 Å². The van der Waals surface area contributed by atoms with E-state index in [1.807, 2.05) is 6.92 Å². The number of alkyl halides is 3. The van der Waals surface area contributed by atoms with Crippen LogP contribution in [0.2, 0.25) is 0 Å². The van der Waals surface area contributed by atoms with Crippen LogP contribution < -0.4 is 9.47 Å². The van der Waals surface area contributed by atoms with Crippen molar-refractivity contribution in [2.75, 3.05) is 39.8 Å². The van der Waals surface area contributed by atoms with E-state index in [2.05, 4.69) is 5.16 Å². The van der Waals surface area contributed by atoms with Crippen molar-refractivity contribution in [2.45, 2.75) is 33.1 Å². The van der Waals surface area contributed by atoms with Crippen LogP contribution in [0.5, 0.6) is 11.5 Å². The highest BCUT2D eigenvalue weighted by Crippen LogP contribution is 2.30. The van der Waals surface area contributed by atoms with Gasteiger partial charge in [0.25, 0.3) is 5.91 Å². The van der Waals surface area contributed by atoms with E-state index in [9.17, 15) is 18.0 Å². The van der Waals surface area contributed by atoms with Crippen molar-refractivity contribution in [3.8, 4) is 11.5 Å². The summed E-state index contributed by atoms with van der Waals surface area (Å²) in [6.07, 6.45) is -3.76. The van der Waals surface area contributed by atoms with Gasteiger partial charge in [-0.15, -0.1) is 0 Å². The number of carbonyl (C=O) groups excluding carboxylic acids is 1. The van der Waals surface area contributed by atoms with Crippen molar-refractivity contribution in [1.82, 2.24) is 15.0 Å². The maximum absolute atomic E-state index is 12.9. The molecular formula is C21H26F3N3O4. The normalized spacial score (nSPS) is 15.6. The van der Waals surface area contributed by atoms with Crippen LogP contribution in [0, 0.1) is 13.8 Å². The number of rotatable bonds is 6. The summed E-state index contributed by atoms with van der Waals surface area (Å²) < 4.78 is 54.3. The summed E-state index contributed by atoms with van der Waals surface area (Å²) in [5, 5.41) is 3.89. The molecule has 0 N–H and O–H groups in total. The Hall–Kier alpha value is -2.75. The first kappa shape index (κ1) is 22.9. The first-order valence-electron chi connectivity index (χ1n) is 9.99. The largest absolute Gasteiger partial charge is 0.493 e. The summed E-state index contributed by atoms with van der Waals surface area (Å²) in [4.78, 5) is 15.8. The molecule has 1 fully saturated rings. The molecule has 31 heavy (non-hydrogen) atoms. The fourth-order valence-electron chi connectivity index (χ4n) is 3.55. The van der Waals surface area contributed by atoms with Gasteiger partial charge in [0, 0.05) is 31.7 Å². The van der Waals surface area contributed by atoms with E-state index in [1.165, 1.54) is 12.0 Å². The van der Waals surface area contributed by atoms with Crippen LogP contribution in [0.25, 0.3) is 0 Å².